The van der Waals surface area contributed by atoms with Crippen LogP contribution >= 0.6 is 0 Å². The van der Waals surface area contributed by atoms with Gasteiger partial charge in [0, 0.05) is 106 Å². The lowest BCUT2D eigenvalue weighted by Crippen LogP contribution is -2.50. The number of carbonyl (C=O) groups excluding carboxylic acids is 10. The second kappa shape index (κ2) is 37.3. The monoisotopic (exact) mass is 1360 g/mol. The Morgan fingerprint density at radius 1 is 0.396 bits per heavy atom. The van der Waals surface area contributed by atoms with Gasteiger partial charge in [0.05, 0.1) is 63.2 Å². The summed E-state index contributed by atoms with van der Waals surface area (Å²) in [4.78, 5) is 169. The number of urea groups is 5. The van der Waals surface area contributed by atoms with Crippen LogP contribution in [-0.4, -0.2) is 372 Å². The fourth-order valence-corrected chi connectivity index (χ4v) is 12.8. The second-order valence-corrected chi connectivity index (χ2v) is 27.0. The average Bonchev–Trinajstić information content (AvgIpc) is 1.69. The Morgan fingerprint density at radius 3 is 0.885 bits per heavy atom. The maximum Gasteiger partial charge on any atom is 0.320 e. The molecule has 0 aromatic carbocycles. The molecule has 10 saturated heterocycles. The van der Waals surface area contributed by atoms with Gasteiger partial charge in [-0.1, -0.05) is 0 Å². The summed E-state index contributed by atoms with van der Waals surface area (Å²) in [6.45, 7) is 14.4. The zero-order valence-corrected chi connectivity index (χ0v) is 59.3. The summed E-state index contributed by atoms with van der Waals surface area (Å²) < 4.78 is 0. The second-order valence-electron chi connectivity index (χ2n) is 27.0. The van der Waals surface area contributed by atoms with Gasteiger partial charge in [0.2, 0.25) is 0 Å². The molecule has 0 aromatic heterocycles. The molecule has 0 aliphatic carbocycles. The van der Waals surface area contributed by atoms with Crippen LogP contribution in [0.3, 0.4) is 0 Å². The molecule has 11 atom stereocenters. The Kier molecular flexibility index (Phi) is 30.4. The van der Waals surface area contributed by atoms with E-state index >= 15 is 0 Å². The third-order valence-electron chi connectivity index (χ3n) is 19.6. The van der Waals surface area contributed by atoms with Crippen LogP contribution in [0.5, 0.6) is 0 Å². The first kappa shape index (κ1) is 78.3. The highest BCUT2D eigenvalue weighted by atomic mass is 16.7. The summed E-state index contributed by atoms with van der Waals surface area (Å²) in [6.07, 6.45) is 7.82. The maximum absolute atomic E-state index is 12.2. The van der Waals surface area contributed by atoms with Crippen LogP contribution in [0.15, 0.2) is 0 Å². The van der Waals surface area contributed by atoms with Crippen LogP contribution in [0.1, 0.15) is 85.0 Å². The average molecular weight is 1370 g/mol. The lowest BCUT2D eigenvalue weighted by atomic mass is 10.0. The largest absolute Gasteiger partial charge is 0.323 e. The number of rotatable bonds is 26. The standard InChI is InChI=1S/C14H26N4O3.3C12H22N4O3.C11H20N4O3/c1-10(2)16(3)7-8-21-15-13(19)12-6-5-11-9-18(12)14(20)17(11)4;1-8(13-2)7-19-14-11(17)10-5-4-9-6-16(10)12(18)15(9)3;2*1-14(2)6-7-19-13-11(17)10-5-4-9-8-16(10)12(18)15(9)3;1-12-5-6-18-13-10(16)9-4-3-8-7-15(9)11(17)14(8)2/h10-12H,5-9H2,1-4H3,(H,15,19);8-10,13H,4-7H2,1-3H3,(H,14,17);2*9-10H,4-8H2,1-3H3,(H,13,17);8-9,12H,3-7H2,1-2H3,(H,13,16)/t11-,12+;8-,9+,10-;2*9-,10+;8-,9+/m10111/s1. The smallest absolute Gasteiger partial charge is 0.320 e. The number of piperidine rings is 5. The van der Waals surface area contributed by atoms with Crippen LogP contribution in [0.4, 0.5) is 24.0 Å². The summed E-state index contributed by atoms with van der Waals surface area (Å²) >= 11 is 0. The van der Waals surface area contributed by atoms with Crippen molar-refractivity contribution in [1.29, 1.82) is 0 Å². The predicted octanol–water partition coefficient (Wildman–Crippen LogP) is -2.05. The Balaban J connectivity index is 0.000000190. The van der Waals surface area contributed by atoms with Gasteiger partial charge < -0.3 is 74.3 Å². The minimum absolute atomic E-state index is 0.0582. The van der Waals surface area contributed by atoms with E-state index in [0.717, 1.165) is 51.7 Å². The lowest BCUT2D eigenvalue weighted by molar-refractivity contribution is -0.139. The third kappa shape index (κ3) is 20.7. The molecule has 10 aliphatic heterocycles. The normalized spacial score (nSPS) is 26.3. The Hall–Kier alpha value is -6.70. The van der Waals surface area contributed by atoms with E-state index in [1.165, 1.54) is 0 Å². The molecule has 10 heterocycles. The third-order valence-corrected chi connectivity index (χ3v) is 19.6. The fraction of sp³-hybridized carbons (Fsp3) is 0.836. The summed E-state index contributed by atoms with van der Waals surface area (Å²) in [6, 6.07) is -0.418. The highest BCUT2D eigenvalue weighted by Crippen LogP contribution is 2.33. The van der Waals surface area contributed by atoms with E-state index < -0.39 is 30.2 Å². The van der Waals surface area contributed by atoms with Crippen molar-refractivity contribution in [3.63, 3.8) is 0 Å². The van der Waals surface area contributed by atoms with Crippen LogP contribution in [0.2, 0.25) is 0 Å². The number of amides is 15. The number of hydrogen-bond donors (Lipinski definition) is 7. The minimum Gasteiger partial charge on any atom is -0.323 e. The highest BCUT2D eigenvalue weighted by molar-refractivity contribution is 5.91. The van der Waals surface area contributed by atoms with Gasteiger partial charge in [-0.2, -0.15) is 0 Å². The van der Waals surface area contributed by atoms with Crippen LogP contribution in [-0.2, 0) is 48.2 Å². The summed E-state index contributed by atoms with van der Waals surface area (Å²) in [7, 11) is 22.4. The van der Waals surface area contributed by atoms with Gasteiger partial charge in [0.15, 0.2) is 0 Å². The van der Waals surface area contributed by atoms with E-state index in [1.807, 2.05) is 66.1 Å². The molecule has 10 rings (SSSR count). The molecule has 0 aromatic rings. The van der Waals surface area contributed by atoms with E-state index in [4.69, 9.17) is 24.2 Å². The van der Waals surface area contributed by atoms with E-state index in [2.05, 4.69) is 56.8 Å². The van der Waals surface area contributed by atoms with Gasteiger partial charge in [0.1, 0.15) is 30.2 Å². The molecule has 7 N–H and O–H groups in total. The van der Waals surface area contributed by atoms with Crippen molar-refractivity contribution in [2.75, 3.05) is 177 Å². The molecule has 0 radical (unpaired) electrons. The van der Waals surface area contributed by atoms with Crippen molar-refractivity contribution < 1.29 is 72.1 Å². The quantitative estimate of drug-likeness (QED) is 0.0362. The van der Waals surface area contributed by atoms with Gasteiger partial charge in [-0.25, -0.2) is 51.4 Å². The Bertz CT molecular complexity index is 2550. The number of fused-ring (bicyclic) bond motifs is 10. The number of nitrogens with one attached hydrogen (secondary N) is 7. The highest BCUT2D eigenvalue weighted by Gasteiger charge is 2.50. The molecule has 0 unspecified atom stereocenters. The lowest BCUT2D eigenvalue weighted by Gasteiger charge is -2.29. The van der Waals surface area contributed by atoms with Crippen molar-refractivity contribution in [3.8, 4) is 0 Å². The van der Waals surface area contributed by atoms with Gasteiger partial charge in [-0.3, -0.25) is 48.2 Å². The first-order chi connectivity index (χ1) is 45.6. The van der Waals surface area contributed by atoms with Crippen molar-refractivity contribution in [3.05, 3.63) is 0 Å². The van der Waals surface area contributed by atoms with E-state index in [1.54, 1.807) is 84.2 Å². The van der Waals surface area contributed by atoms with Gasteiger partial charge >= 0.3 is 30.2 Å². The van der Waals surface area contributed by atoms with E-state index in [-0.39, 0.29) is 95.9 Å². The van der Waals surface area contributed by atoms with Crippen LogP contribution in [0, 0.1) is 0 Å². The number of hydroxylamine groups is 5. The molecule has 0 saturated carbocycles. The minimum atomic E-state index is -0.404. The summed E-state index contributed by atoms with van der Waals surface area (Å²) in [5, 5.41) is 5.92. The topological polar surface area (TPSA) is 343 Å². The zero-order valence-electron chi connectivity index (χ0n) is 59.3. The van der Waals surface area contributed by atoms with Crippen molar-refractivity contribution >= 4 is 59.7 Å². The number of likely N-dealkylation sites (N-methyl/N-ethyl adjacent to an activating group) is 10. The molecule has 10 bridgehead atoms. The van der Waals surface area contributed by atoms with Crippen LogP contribution < -0.4 is 38.0 Å². The summed E-state index contributed by atoms with van der Waals surface area (Å²) in [5.41, 5.74) is 12.2. The molecule has 96 heavy (non-hydrogen) atoms. The molecule has 10 fully saturated rings. The Labute approximate surface area is 565 Å². The van der Waals surface area contributed by atoms with E-state index in [9.17, 15) is 47.9 Å². The maximum atomic E-state index is 12.2. The number of carbonyl (C=O) groups is 10. The Morgan fingerprint density at radius 2 is 0.646 bits per heavy atom. The molecule has 0 spiro atoms. The van der Waals surface area contributed by atoms with E-state index in [0.29, 0.717) is 110 Å². The molecule has 35 heteroatoms. The van der Waals surface area contributed by atoms with Crippen molar-refractivity contribution in [2.45, 2.75) is 157 Å². The molecule has 15 amide bonds. The van der Waals surface area contributed by atoms with Crippen molar-refractivity contribution in [2.24, 2.45) is 0 Å². The molecule has 35 nitrogen and oxygen atoms in total. The van der Waals surface area contributed by atoms with Gasteiger partial charge in [-0.15, -0.1) is 0 Å². The molecule has 10 aliphatic rings. The number of hydrogen-bond acceptors (Lipinski definition) is 20. The van der Waals surface area contributed by atoms with Gasteiger partial charge in [0.25, 0.3) is 29.5 Å². The van der Waals surface area contributed by atoms with Crippen molar-refractivity contribution in [1.82, 2.24) is 102 Å². The number of nitrogens with zero attached hydrogens (tertiary/aromatic N) is 13. The predicted molar refractivity (Wildman–Crippen MR) is 351 cm³/mol. The molecular formula is C61H112N20O15. The molecule has 546 valence electrons. The first-order valence-electron chi connectivity index (χ1n) is 33.7. The molecular weight excluding hydrogens is 1250 g/mol. The van der Waals surface area contributed by atoms with Crippen LogP contribution in [0.25, 0.3) is 0 Å². The first-order valence-corrected chi connectivity index (χ1v) is 33.7. The van der Waals surface area contributed by atoms with Gasteiger partial charge in [-0.05, 0) is 134 Å². The summed E-state index contributed by atoms with van der Waals surface area (Å²) in [5.74, 6) is -1.12. The fourth-order valence-electron chi connectivity index (χ4n) is 12.8. The SMILES string of the molecule is CC(C)N(C)CCONC(=O)[C@@H]1CC[C@@H]2CN1C(=O)N2C.CN(C)CCONC(=O)[C@@H]1CC[C@@H]2CN1C(=O)N2C.CN(C)CCONC(=O)[C@@H]1CC[C@@H]2CN1C(=O)N2C.CNCCONC(=O)[C@@H]1CC[C@@H]2CN1C(=O)N2C.CN[C@@H](C)CONC(=O)[C@@H]1CC[C@@H]2CN1C(=O)N2C. The zero-order chi connectivity index (χ0) is 70.7.